The van der Waals surface area contributed by atoms with Crippen molar-refractivity contribution in [2.24, 2.45) is 5.92 Å². The number of carbonyl (C=O) groups excluding carboxylic acids is 2. The fourth-order valence-corrected chi connectivity index (χ4v) is 3.52. The molecule has 0 aliphatic carbocycles. The van der Waals surface area contributed by atoms with Gasteiger partial charge in [0.05, 0.1) is 12.5 Å². The van der Waals surface area contributed by atoms with Crippen molar-refractivity contribution >= 4 is 17.5 Å². The average molecular weight is 351 g/mol. The first kappa shape index (κ1) is 16.7. The molecule has 3 heterocycles. The molecule has 1 N–H and O–H groups in total. The van der Waals surface area contributed by atoms with E-state index in [0.29, 0.717) is 25.3 Å². The maximum Gasteiger partial charge on any atom is 0.255 e. The zero-order valence-corrected chi connectivity index (χ0v) is 14.5. The van der Waals surface area contributed by atoms with Crippen LogP contribution in [0.4, 0.5) is 5.69 Å². The first-order valence-electron chi connectivity index (χ1n) is 8.90. The highest BCUT2D eigenvalue weighted by Gasteiger charge is 2.30. The molecule has 1 aromatic carbocycles. The van der Waals surface area contributed by atoms with Crippen molar-refractivity contribution in [3.63, 3.8) is 0 Å². The molecule has 2 aliphatic rings. The van der Waals surface area contributed by atoms with Gasteiger partial charge in [0.25, 0.3) is 5.91 Å². The highest BCUT2D eigenvalue weighted by atomic mass is 16.5. The van der Waals surface area contributed by atoms with Gasteiger partial charge in [-0.05, 0) is 48.2 Å². The molecule has 2 aliphatic heterocycles. The number of fused-ring (bicyclic) bond motifs is 1. The first-order chi connectivity index (χ1) is 12.7. The minimum absolute atomic E-state index is 0.00822. The van der Waals surface area contributed by atoms with Gasteiger partial charge < -0.3 is 15.0 Å². The van der Waals surface area contributed by atoms with Crippen molar-refractivity contribution in [2.45, 2.75) is 19.4 Å². The summed E-state index contributed by atoms with van der Waals surface area (Å²) in [5.41, 5.74) is 3.63. The van der Waals surface area contributed by atoms with Gasteiger partial charge in [-0.3, -0.25) is 14.6 Å². The van der Waals surface area contributed by atoms with Gasteiger partial charge in [0.2, 0.25) is 5.91 Å². The zero-order chi connectivity index (χ0) is 17.9. The Bertz CT molecular complexity index is 816. The van der Waals surface area contributed by atoms with Crippen LogP contribution in [-0.4, -0.2) is 41.5 Å². The lowest BCUT2D eigenvalue weighted by atomic mass is 9.97. The topological polar surface area (TPSA) is 71.5 Å². The molecular formula is C20H21N3O3. The number of pyridine rings is 1. The molecule has 0 radical (unpaired) electrons. The van der Waals surface area contributed by atoms with Gasteiger partial charge >= 0.3 is 0 Å². The summed E-state index contributed by atoms with van der Waals surface area (Å²) >= 11 is 0. The molecular weight excluding hydrogens is 330 g/mol. The van der Waals surface area contributed by atoms with Gasteiger partial charge in [-0.25, -0.2) is 0 Å². The number of carbonyl (C=O) groups is 2. The molecule has 0 saturated carbocycles. The number of amides is 2. The van der Waals surface area contributed by atoms with Crippen LogP contribution < -0.4 is 5.32 Å². The van der Waals surface area contributed by atoms with E-state index in [2.05, 4.69) is 10.3 Å². The summed E-state index contributed by atoms with van der Waals surface area (Å²) in [7, 11) is 0. The van der Waals surface area contributed by atoms with Crippen molar-refractivity contribution in [2.75, 3.05) is 25.1 Å². The summed E-state index contributed by atoms with van der Waals surface area (Å²) < 4.78 is 5.34. The van der Waals surface area contributed by atoms with E-state index in [1.807, 2.05) is 23.1 Å². The third kappa shape index (κ3) is 3.46. The number of benzene rings is 1. The molecule has 2 aromatic rings. The van der Waals surface area contributed by atoms with Crippen molar-refractivity contribution in [3.05, 3.63) is 59.4 Å². The Morgan fingerprint density at radius 1 is 1.15 bits per heavy atom. The second-order valence-electron chi connectivity index (χ2n) is 6.74. The summed E-state index contributed by atoms with van der Waals surface area (Å²) in [5, 5.41) is 2.92. The Hall–Kier alpha value is -2.73. The van der Waals surface area contributed by atoms with Gasteiger partial charge in [-0.1, -0.05) is 6.07 Å². The lowest BCUT2D eigenvalue weighted by Crippen LogP contribution is -2.40. The number of nitrogens with one attached hydrogen (secondary N) is 1. The van der Waals surface area contributed by atoms with E-state index in [1.54, 1.807) is 24.5 Å². The molecule has 1 aromatic heterocycles. The largest absolute Gasteiger partial charge is 0.381 e. The Kier molecular flexibility index (Phi) is 4.67. The number of aromatic nitrogens is 1. The highest BCUT2D eigenvalue weighted by molar-refractivity contribution is 6.04. The number of anilines is 1. The molecule has 2 amide bonds. The summed E-state index contributed by atoms with van der Waals surface area (Å²) in [6.07, 6.45) is 4.84. The predicted octanol–water partition coefficient (Wildman–Crippen LogP) is 2.26. The molecule has 6 heteroatoms. The standard InChI is InChI=1S/C20H21N3O3/c24-19(15-3-7-21-8-4-15)22-18-2-1-14-5-9-23(12-17(14)11-18)20(25)16-6-10-26-13-16/h1-4,7-8,11,16H,5-6,9-10,12-13H2,(H,22,24). The number of rotatable bonds is 3. The predicted molar refractivity (Wildman–Crippen MR) is 96.7 cm³/mol. The van der Waals surface area contributed by atoms with Crippen molar-refractivity contribution < 1.29 is 14.3 Å². The van der Waals surface area contributed by atoms with Gasteiger partial charge in [0, 0.05) is 43.3 Å². The van der Waals surface area contributed by atoms with Gasteiger partial charge in [-0.15, -0.1) is 0 Å². The molecule has 0 spiro atoms. The fourth-order valence-electron chi connectivity index (χ4n) is 3.52. The van der Waals surface area contributed by atoms with E-state index in [0.717, 1.165) is 30.6 Å². The van der Waals surface area contributed by atoms with E-state index in [9.17, 15) is 9.59 Å². The Balaban J connectivity index is 1.47. The number of nitrogens with zero attached hydrogens (tertiary/aromatic N) is 2. The lowest BCUT2D eigenvalue weighted by molar-refractivity contribution is -0.136. The van der Waals surface area contributed by atoms with Crippen LogP contribution in [0.5, 0.6) is 0 Å². The Labute approximate surface area is 152 Å². The zero-order valence-electron chi connectivity index (χ0n) is 14.5. The monoisotopic (exact) mass is 351 g/mol. The van der Waals surface area contributed by atoms with Crippen molar-refractivity contribution in [1.82, 2.24) is 9.88 Å². The quantitative estimate of drug-likeness (QED) is 0.921. The Morgan fingerprint density at radius 2 is 2.00 bits per heavy atom. The van der Waals surface area contributed by atoms with Crippen LogP contribution in [0, 0.1) is 5.92 Å². The number of ether oxygens (including phenoxy) is 1. The molecule has 26 heavy (non-hydrogen) atoms. The fraction of sp³-hybridized carbons (Fsp3) is 0.350. The molecule has 1 atom stereocenters. The molecule has 1 saturated heterocycles. The SMILES string of the molecule is O=C(Nc1ccc2c(c1)CN(C(=O)C1CCOC1)CC2)c1ccncc1. The van der Waals surface area contributed by atoms with Crippen molar-refractivity contribution in [1.29, 1.82) is 0 Å². The minimum Gasteiger partial charge on any atom is -0.381 e. The highest BCUT2D eigenvalue weighted by Crippen LogP contribution is 2.25. The normalized spacial score (nSPS) is 19.1. The van der Waals surface area contributed by atoms with Crippen LogP contribution in [0.2, 0.25) is 0 Å². The second kappa shape index (κ2) is 7.25. The first-order valence-corrected chi connectivity index (χ1v) is 8.90. The summed E-state index contributed by atoms with van der Waals surface area (Å²) in [5.74, 6) is 0.00435. The van der Waals surface area contributed by atoms with Crippen LogP contribution in [0.15, 0.2) is 42.7 Å². The van der Waals surface area contributed by atoms with Crippen LogP contribution in [0.1, 0.15) is 27.9 Å². The maximum absolute atomic E-state index is 12.6. The molecule has 4 rings (SSSR count). The van der Waals surface area contributed by atoms with E-state index >= 15 is 0 Å². The third-order valence-corrected chi connectivity index (χ3v) is 5.01. The molecule has 134 valence electrons. The average Bonchev–Trinajstić information content (AvgIpc) is 3.22. The lowest BCUT2D eigenvalue weighted by Gasteiger charge is -2.31. The summed E-state index contributed by atoms with van der Waals surface area (Å²) in [4.78, 5) is 30.8. The molecule has 0 bridgehead atoms. The van der Waals surface area contributed by atoms with Gasteiger partial charge in [-0.2, -0.15) is 0 Å². The maximum atomic E-state index is 12.6. The van der Waals surface area contributed by atoms with Gasteiger partial charge in [0.1, 0.15) is 0 Å². The van der Waals surface area contributed by atoms with E-state index in [1.165, 1.54) is 5.56 Å². The van der Waals surface area contributed by atoms with Crippen molar-refractivity contribution in [3.8, 4) is 0 Å². The van der Waals surface area contributed by atoms with Crippen LogP contribution >= 0.6 is 0 Å². The second-order valence-corrected chi connectivity index (χ2v) is 6.74. The summed E-state index contributed by atoms with van der Waals surface area (Å²) in [6.45, 7) is 2.53. The van der Waals surface area contributed by atoms with Crippen LogP contribution in [0.25, 0.3) is 0 Å². The number of hydrogen-bond donors (Lipinski definition) is 1. The number of hydrogen-bond acceptors (Lipinski definition) is 4. The molecule has 6 nitrogen and oxygen atoms in total. The summed E-state index contributed by atoms with van der Waals surface area (Å²) in [6, 6.07) is 9.28. The smallest absolute Gasteiger partial charge is 0.255 e. The van der Waals surface area contributed by atoms with E-state index in [-0.39, 0.29) is 17.7 Å². The molecule has 1 unspecified atom stereocenters. The van der Waals surface area contributed by atoms with E-state index < -0.39 is 0 Å². The minimum atomic E-state index is -0.167. The molecule has 1 fully saturated rings. The third-order valence-electron chi connectivity index (χ3n) is 5.01. The van der Waals surface area contributed by atoms with E-state index in [4.69, 9.17) is 4.74 Å². The van der Waals surface area contributed by atoms with Crippen LogP contribution in [-0.2, 0) is 22.5 Å². The Morgan fingerprint density at radius 3 is 2.77 bits per heavy atom. The van der Waals surface area contributed by atoms with Crippen LogP contribution in [0.3, 0.4) is 0 Å². The van der Waals surface area contributed by atoms with Gasteiger partial charge in [0.15, 0.2) is 0 Å².